The molecule has 2 heterocycles. The molecule has 1 fully saturated rings. The van der Waals surface area contributed by atoms with Gasteiger partial charge in [-0.2, -0.15) is 0 Å². The minimum Gasteiger partial charge on any atom is -0.487 e. The monoisotopic (exact) mass is 586 g/mol. The van der Waals surface area contributed by atoms with Crippen LogP contribution in [0.1, 0.15) is 73.9 Å². The third-order valence-electron chi connectivity index (χ3n) is 8.81. The van der Waals surface area contributed by atoms with Crippen LogP contribution in [0.4, 0.5) is 5.69 Å². The van der Waals surface area contributed by atoms with E-state index in [1.807, 2.05) is 30.4 Å². The van der Waals surface area contributed by atoms with Crippen molar-refractivity contribution in [1.29, 1.82) is 0 Å². The van der Waals surface area contributed by atoms with Gasteiger partial charge in [-0.05, 0) is 112 Å². The van der Waals surface area contributed by atoms with Crippen LogP contribution >= 0.6 is 11.6 Å². The zero-order valence-corrected chi connectivity index (χ0v) is 24.8. The van der Waals surface area contributed by atoms with Gasteiger partial charge in [0.1, 0.15) is 12.4 Å². The number of carbonyl (C=O) groups is 1. The second-order valence-corrected chi connectivity index (χ2v) is 14.7. The van der Waals surface area contributed by atoms with Crippen molar-refractivity contribution in [2.45, 2.75) is 76.3 Å². The molecule has 0 spiro atoms. The van der Waals surface area contributed by atoms with Gasteiger partial charge in [0, 0.05) is 23.7 Å². The van der Waals surface area contributed by atoms with Crippen molar-refractivity contribution in [2.24, 2.45) is 11.8 Å². The van der Waals surface area contributed by atoms with Crippen LogP contribution in [-0.4, -0.2) is 43.4 Å². The van der Waals surface area contributed by atoms with E-state index in [-0.39, 0.29) is 11.5 Å². The SMILES string of the molecule is CC1(C)CC/C=C\[C@H](O)[C@@H]2CC[C@H]2CN2CCCCc3cc(Cl)ccc3COc3ccc(cc32)C(=O)NS1(=O)=O. The number of ether oxygens (including phenoxy) is 1. The van der Waals surface area contributed by atoms with Crippen LogP contribution in [-0.2, 0) is 23.1 Å². The Labute approximate surface area is 242 Å². The van der Waals surface area contributed by atoms with Crippen LogP contribution in [0, 0.1) is 11.8 Å². The highest BCUT2D eigenvalue weighted by Crippen LogP contribution is 2.41. The number of hydrogen-bond donors (Lipinski definition) is 2. The summed E-state index contributed by atoms with van der Waals surface area (Å²) in [6.45, 7) is 5.07. The minimum atomic E-state index is -3.96. The second kappa shape index (κ2) is 11.7. The lowest BCUT2D eigenvalue weighted by Crippen LogP contribution is -2.45. The van der Waals surface area contributed by atoms with E-state index in [0.29, 0.717) is 36.1 Å². The maximum Gasteiger partial charge on any atom is 0.264 e. The number of carbonyl (C=O) groups excluding carboxylic acids is 1. The van der Waals surface area contributed by atoms with E-state index in [0.717, 1.165) is 56.4 Å². The lowest BCUT2D eigenvalue weighted by atomic mass is 9.70. The van der Waals surface area contributed by atoms with E-state index in [1.165, 1.54) is 5.56 Å². The fourth-order valence-electron chi connectivity index (χ4n) is 5.90. The zero-order chi connectivity index (χ0) is 28.5. The molecule has 1 aliphatic carbocycles. The molecule has 0 aromatic heterocycles. The van der Waals surface area contributed by atoms with Gasteiger partial charge in [0.15, 0.2) is 0 Å². The molecular weight excluding hydrogens is 548 g/mol. The number of hydrogen-bond acceptors (Lipinski definition) is 6. The molecule has 216 valence electrons. The predicted molar refractivity (Wildman–Crippen MR) is 158 cm³/mol. The van der Waals surface area contributed by atoms with Crippen LogP contribution in [0.3, 0.4) is 0 Å². The fraction of sp³-hybridized carbons (Fsp3) is 0.516. The number of anilines is 1. The molecule has 2 N–H and O–H groups in total. The van der Waals surface area contributed by atoms with Crippen LogP contribution < -0.4 is 14.4 Å². The highest BCUT2D eigenvalue weighted by atomic mass is 35.5. The summed E-state index contributed by atoms with van der Waals surface area (Å²) in [6, 6.07) is 11.0. The number of aliphatic hydroxyl groups excluding tert-OH is 1. The molecule has 3 atom stereocenters. The molecule has 2 aromatic rings. The predicted octanol–water partition coefficient (Wildman–Crippen LogP) is 5.64. The first kappa shape index (κ1) is 29.0. The topological polar surface area (TPSA) is 95.9 Å². The number of nitrogens with one attached hydrogen (secondary N) is 1. The summed E-state index contributed by atoms with van der Waals surface area (Å²) in [6.07, 6.45) is 8.68. The fourth-order valence-corrected chi connectivity index (χ4v) is 7.12. The summed E-state index contributed by atoms with van der Waals surface area (Å²) >= 11 is 6.29. The molecule has 40 heavy (non-hydrogen) atoms. The van der Waals surface area contributed by atoms with Gasteiger partial charge in [0.2, 0.25) is 10.0 Å². The Kier molecular flexibility index (Phi) is 8.50. The van der Waals surface area contributed by atoms with Crippen molar-refractivity contribution in [3.8, 4) is 5.75 Å². The molecule has 0 unspecified atom stereocenters. The molecular formula is C31H39ClN2O5S. The van der Waals surface area contributed by atoms with Crippen LogP contribution in [0.15, 0.2) is 48.6 Å². The molecule has 3 aliphatic rings. The Hall–Kier alpha value is -2.55. The van der Waals surface area contributed by atoms with Crippen molar-refractivity contribution in [1.82, 2.24) is 4.72 Å². The molecule has 1 amide bonds. The van der Waals surface area contributed by atoms with Gasteiger partial charge >= 0.3 is 0 Å². The maximum atomic E-state index is 13.3. The average molecular weight is 587 g/mol. The van der Waals surface area contributed by atoms with Gasteiger partial charge in [-0.1, -0.05) is 29.8 Å². The molecule has 0 saturated heterocycles. The molecule has 0 radical (unpaired) electrons. The third-order valence-corrected chi connectivity index (χ3v) is 11.2. The Balaban J connectivity index is 1.54. The Morgan fingerprint density at radius 2 is 1.93 bits per heavy atom. The summed E-state index contributed by atoms with van der Waals surface area (Å²) in [5.41, 5.74) is 3.28. The largest absolute Gasteiger partial charge is 0.487 e. The number of aliphatic hydroxyl groups is 1. The standard InChI is InChI=1S/C31H39ClN2O5S/c1-31(2)15-5-3-8-28(35)26-13-10-23(26)19-34-16-6-4-7-21-17-25(32)12-9-24(21)20-39-29-14-11-22(18-27(29)34)30(36)33-40(31,37)38/h3,8-9,11-12,14,17-18,23,26,28,35H,4-7,10,13,15-16,19-20H2,1-2H3,(H,33,36)/b8-3-/t23-,26+,28-/m0/s1. The number of sulfonamides is 1. The summed E-state index contributed by atoms with van der Waals surface area (Å²) in [5.74, 6) is 0.432. The zero-order valence-electron chi connectivity index (χ0n) is 23.2. The molecule has 2 aromatic carbocycles. The van der Waals surface area contributed by atoms with E-state index >= 15 is 0 Å². The van der Waals surface area contributed by atoms with E-state index in [9.17, 15) is 18.3 Å². The van der Waals surface area contributed by atoms with Crippen molar-refractivity contribution in [3.05, 3.63) is 70.3 Å². The van der Waals surface area contributed by atoms with Crippen molar-refractivity contribution in [3.63, 3.8) is 0 Å². The van der Waals surface area contributed by atoms with Crippen molar-refractivity contribution in [2.75, 3.05) is 18.0 Å². The first-order chi connectivity index (χ1) is 19.0. The summed E-state index contributed by atoms with van der Waals surface area (Å²) in [5, 5.41) is 11.7. The molecule has 5 rings (SSSR count). The van der Waals surface area contributed by atoms with Gasteiger partial charge < -0.3 is 14.7 Å². The number of rotatable bonds is 0. The van der Waals surface area contributed by atoms with Crippen molar-refractivity contribution >= 4 is 33.2 Å². The number of aryl methyl sites for hydroxylation is 1. The number of nitrogens with zero attached hydrogens (tertiary/aromatic N) is 1. The highest BCUT2D eigenvalue weighted by molar-refractivity contribution is 7.91. The van der Waals surface area contributed by atoms with E-state index in [2.05, 4.69) is 9.62 Å². The quantitative estimate of drug-likeness (QED) is 0.388. The smallest absolute Gasteiger partial charge is 0.264 e. The van der Waals surface area contributed by atoms with Crippen LogP contribution in [0.5, 0.6) is 5.75 Å². The minimum absolute atomic E-state index is 0.140. The van der Waals surface area contributed by atoms with Gasteiger partial charge in [-0.25, -0.2) is 13.1 Å². The summed E-state index contributed by atoms with van der Waals surface area (Å²) in [4.78, 5) is 15.5. The van der Waals surface area contributed by atoms with Gasteiger partial charge in [-0.3, -0.25) is 4.79 Å². The lowest BCUT2D eigenvalue weighted by molar-refractivity contribution is 0.0461. The summed E-state index contributed by atoms with van der Waals surface area (Å²) in [7, 11) is -3.96. The molecule has 1 saturated carbocycles. The number of amides is 1. The van der Waals surface area contributed by atoms with Gasteiger partial charge in [0.25, 0.3) is 5.91 Å². The Bertz CT molecular complexity index is 1390. The number of allylic oxidation sites excluding steroid dienone is 1. The molecule has 7 nitrogen and oxygen atoms in total. The normalized spacial score (nSPS) is 27.4. The molecule has 2 bridgehead atoms. The molecule has 2 aliphatic heterocycles. The Morgan fingerprint density at radius 3 is 2.70 bits per heavy atom. The van der Waals surface area contributed by atoms with Crippen molar-refractivity contribution < 1.29 is 23.1 Å². The average Bonchev–Trinajstić information content (AvgIpc) is 2.91. The van der Waals surface area contributed by atoms with Gasteiger partial charge in [-0.15, -0.1) is 0 Å². The molecule has 9 heteroatoms. The maximum absolute atomic E-state index is 13.3. The van der Waals surface area contributed by atoms with E-state index in [4.69, 9.17) is 16.3 Å². The highest BCUT2D eigenvalue weighted by Gasteiger charge is 2.38. The van der Waals surface area contributed by atoms with Crippen LogP contribution in [0.25, 0.3) is 0 Å². The Morgan fingerprint density at radius 1 is 1.10 bits per heavy atom. The van der Waals surface area contributed by atoms with Gasteiger partial charge in [0.05, 0.1) is 16.5 Å². The number of fused-ring (bicyclic) bond motifs is 3. The first-order valence-electron chi connectivity index (χ1n) is 14.2. The van der Waals surface area contributed by atoms with E-state index in [1.54, 1.807) is 32.0 Å². The first-order valence-corrected chi connectivity index (χ1v) is 16.1. The second-order valence-electron chi connectivity index (χ2n) is 11.9. The lowest BCUT2D eigenvalue weighted by Gasteiger charge is -2.42. The third kappa shape index (κ3) is 6.19. The van der Waals surface area contributed by atoms with E-state index < -0.39 is 26.8 Å². The number of halogens is 1. The van der Waals surface area contributed by atoms with Crippen LogP contribution in [0.2, 0.25) is 5.02 Å². The number of benzene rings is 2. The summed E-state index contributed by atoms with van der Waals surface area (Å²) < 4.78 is 33.9.